The van der Waals surface area contributed by atoms with E-state index in [1.165, 1.54) is 22.7 Å². The fourth-order valence-corrected chi connectivity index (χ4v) is 4.90. The van der Waals surface area contributed by atoms with Gasteiger partial charge >= 0.3 is 0 Å². The highest BCUT2D eigenvalue weighted by molar-refractivity contribution is 7.22. The Bertz CT molecular complexity index is 1140. The summed E-state index contributed by atoms with van der Waals surface area (Å²) in [5, 5.41) is 13.8. The van der Waals surface area contributed by atoms with Crippen LogP contribution in [0.2, 0.25) is 10.0 Å². The fourth-order valence-electron chi connectivity index (χ4n) is 2.46. The molecule has 4 rings (SSSR count). The average Bonchev–Trinajstić information content (AvgIpc) is 3.26. The topological polar surface area (TPSA) is 64.1 Å². The van der Waals surface area contributed by atoms with E-state index in [2.05, 4.69) is 15.5 Å². The molecule has 0 saturated carbocycles. The van der Waals surface area contributed by atoms with Crippen LogP contribution in [0.15, 0.2) is 42.5 Å². The maximum absolute atomic E-state index is 12.6. The molecule has 9 heteroatoms. The summed E-state index contributed by atoms with van der Waals surface area (Å²) in [5.74, 6) is 0.436. The normalized spacial score (nSPS) is 10.9. The van der Waals surface area contributed by atoms with Gasteiger partial charge in [-0.25, -0.2) is 0 Å². The number of nitrogens with one attached hydrogen (secondary N) is 1. The molecule has 0 atom stereocenters. The number of anilines is 1. The molecule has 2 aromatic carbocycles. The van der Waals surface area contributed by atoms with Gasteiger partial charge < -0.3 is 4.74 Å². The molecule has 0 radical (unpaired) electrons. The number of aromatic nitrogens is 2. The van der Waals surface area contributed by atoms with Crippen LogP contribution in [0.4, 0.5) is 5.13 Å². The van der Waals surface area contributed by atoms with Crippen molar-refractivity contribution in [1.29, 1.82) is 0 Å². The number of fused-ring (bicyclic) bond motifs is 1. The smallest absolute Gasteiger partial charge is 0.269 e. The molecule has 4 aromatic rings. The summed E-state index contributed by atoms with van der Waals surface area (Å²) in [7, 11) is 1.61. The molecule has 2 aromatic heterocycles. The number of carbonyl (C=O) groups is 1. The fraction of sp³-hybridized carbons (Fsp3) is 0.0556. The molecule has 0 unspecified atom stereocenters. The van der Waals surface area contributed by atoms with Crippen molar-refractivity contribution in [3.8, 4) is 16.3 Å². The van der Waals surface area contributed by atoms with E-state index in [0.29, 0.717) is 25.1 Å². The van der Waals surface area contributed by atoms with Crippen LogP contribution in [-0.4, -0.2) is 23.2 Å². The van der Waals surface area contributed by atoms with Crippen LogP contribution in [-0.2, 0) is 0 Å². The van der Waals surface area contributed by atoms with Gasteiger partial charge in [0.2, 0.25) is 5.13 Å². The van der Waals surface area contributed by atoms with E-state index < -0.39 is 0 Å². The van der Waals surface area contributed by atoms with Crippen molar-refractivity contribution < 1.29 is 9.53 Å². The van der Waals surface area contributed by atoms with E-state index in [1.54, 1.807) is 25.3 Å². The molecule has 1 N–H and O–H groups in total. The summed E-state index contributed by atoms with van der Waals surface area (Å²) in [5.41, 5.74) is 0.892. The summed E-state index contributed by atoms with van der Waals surface area (Å²) in [6.07, 6.45) is 0. The first-order chi connectivity index (χ1) is 13.0. The molecule has 0 aliphatic rings. The minimum absolute atomic E-state index is 0.324. The number of nitrogens with zero attached hydrogens (tertiary/aromatic N) is 2. The highest BCUT2D eigenvalue weighted by Gasteiger charge is 2.19. The van der Waals surface area contributed by atoms with E-state index in [0.717, 1.165) is 21.4 Å². The molecule has 0 saturated heterocycles. The van der Waals surface area contributed by atoms with Crippen molar-refractivity contribution in [2.45, 2.75) is 0 Å². The number of benzene rings is 2. The highest BCUT2D eigenvalue weighted by atomic mass is 35.5. The van der Waals surface area contributed by atoms with Crippen LogP contribution in [0.1, 0.15) is 9.67 Å². The van der Waals surface area contributed by atoms with Gasteiger partial charge in [0, 0.05) is 20.7 Å². The zero-order valence-corrected chi connectivity index (χ0v) is 17.0. The van der Waals surface area contributed by atoms with Crippen molar-refractivity contribution in [3.63, 3.8) is 0 Å². The van der Waals surface area contributed by atoms with E-state index >= 15 is 0 Å². The Morgan fingerprint density at radius 1 is 1.07 bits per heavy atom. The molecule has 27 heavy (non-hydrogen) atoms. The summed E-state index contributed by atoms with van der Waals surface area (Å²) >= 11 is 14.9. The predicted molar refractivity (Wildman–Crippen MR) is 112 cm³/mol. The Hall–Kier alpha value is -2.19. The molecule has 5 nitrogen and oxygen atoms in total. The largest absolute Gasteiger partial charge is 0.497 e. The predicted octanol–water partition coefficient (Wildman–Crippen LogP) is 5.99. The van der Waals surface area contributed by atoms with E-state index in [4.69, 9.17) is 27.9 Å². The van der Waals surface area contributed by atoms with E-state index in [1.807, 2.05) is 24.3 Å². The first-order valence-electron chi connectivity index (χ1n) is 7.72. The second-order valence-corrected chi connectivity index (χ2v) is 8.32. The summed E-state index contributed by atoms with van der Waals surface area (Å²) in [6, 6.07) is 12.8. The molecule has 0 aliphatic carbocycles. The van der Waals surface area contributed by atoms with Crippen molar-refractivity contribution >= 4 is 67.0 Å². The van der Waals surface area contributed by atoms with Gasteiger partial charge in [0.1, 0.15) is 15.6 Å². The Morgan fingerprint density at radius 3 is 2.59 bits per heavy atom. The number of hydrogen-bond acceptors (Lipinski definition) is 6. The zero-order chi connectivity index (χ0) is 19.0. The molecule has 136 valence electrons. The number of hydrogen-bond donors (Lipinski definition) is 1. The van der Waals surface area contributed by atoms with Gasteiger partial charge in [0.05, 0.1) is 12.1 Å². The molecular weight excluding hydrogens is 425 g/mol. The molecule has 1 amide bonds. The quantitative estimate of drug-likeness (QED) is 0.427. The van der Waals surface area contributed by atoms with Crippen LogP contribution in [0.5, 0.6) is 5.75 Å². The van der Waals surface area contributed by atoms with Crippen LogP contribution in [0.25, 0.3) is 20.7 Å². The lowest BCUT2D eigenvalue weighted by Crippen LogP contribution is -2.10. The number of methoxy groups -OCH3 is 1. The maximum Gasteiger partial charge on any atom is 0.269 e. The first kappa shape index (κ1) is 18.2. The highest BCUT2D eigenvalue weighted by Crippen LogP contribution is 2.37. The Morgan fingerprint density at radius 2 is 1.85 bits per heavy atom. The van der Waals surface area contributed by atoms with Crippen molar-refractivity contribution in [2.75, 3.05) is 12.4 Å². The summed E-state index contributed by atoms with van der Waals surface area (Å²) < 4.78 is 6.00. The third-order valence-electron chi connectivity index (χ3n) is 3.78. The van der Waals surface area contributed by atoms with Crippen molar-refractivity contribution in [3.05, 3.63) is 57.4 Å². The Labute approximate surface area is 172 Å². The number of amides is 1. The molecule has 0 fully saturated rings. The monoisotopic (exact) mass is 435 g/mol. The van der Waals surface area contributed by atoms with E-state index in [9.17, 15) is 4.79 Å². The standard InChI is InChI=1S/C18H11Cl2N3O2S2/c1-25-11-5-2-9(3-6-11)17-22-23-18(27-17)21-16(24)15-14(20)12-7-4-10(19)8-13(12)26-15/h2-8H,1H3,(H,21,23,24). The van der Waals surface area contributed by atoms with Crippen LogP contribution < -0.4 is 10.1 Å². The van der Waals surface area contributed by atoms with Crippen molar-refractivity contribution in [2.24, 2.45) is 0 Å². The van der Waals surface area contributed by atoms with Gasteiger partial charge in [-0.15, -0.1) is 21.5 Å². The molecular formula is C18H11Cl2N3O2S2. The SMILES string of the molecule is COc1ccc(-c2nnc(NC(=O)c3sc4cc(Cl)ccc4c3Cl)s2)cc1. The lowest BCUT2D eigenvalue weighted by molar-refractivity contribution is 0.103. The number of halogens is 2. The van der Waals surface area contributed by atoms with E-state index in [-0.39, 0.29) is 5.91 Å². The van der Waals surface area contributed by atoms with Gasteiger partial charge in [-0.3, -0.25) is 10.1 Å². The average molecular weight is 436 g/mol. The van der Waals surface area contributed by atoms with Crippen LogP contribution >= 0.6 is 45.9 Å². The number of carbonyl (C=O) groups excluding carboxylic acids is 1. The second-order valence-electron chi connectivity index (χ2n) is 5.48. The minimum Gasteiger partial charge on any atom is -0.497 e. The first-order valence-corrected chi connectivity index (χ1v) is 10.1. The molecule has 2 heterocycles. The summed E-state index contributed by atoms with van der Waals surface area (Å²) in [4.78, 5) is 13.0. The van der Waals surface area contributed by atoms with Gasteiger partial charge in [-0.2, -0.15) is 0 Å². The lowest BCUT2D eigenvalue weighted by atomic mass is 10.2. The molecule has 0 spiro atoms. The minimum atomic E-state index is -0.324. The van der Waals surface area contributed by atoms with Crippen LogP contribution in [0.3, 0.4) is 0 Å². The lowest BCUT2D eigenvalue weighted by Gasteiger charge is -2.00. The Kier molecular flexibility index (Phi) is 5.01. The van der Waals surface area contributed by atoms with Gasteiger partial charge in [-0.1, -0.05) is 40.6 Å². The number of thiophene rings is 1. The third-order valence-corrected chi connectivity index (χ3v) is 6.56. The molecule has 0 bridgehead atoms. The van der Waals surface area contributed by atoms with Gasteiger partial charge in [0.25, 0.3) is 5.91 Å². The summed E-state index contributed by atoms with van der Waals surface area (Å²) in [6.45, 7) is 0. The van der Waals surface area contributed by atoms with Gasteiger partial charge in [0.15, 0.2) is 0 Å². The second kappa shape index (κ2) is 7.44. The molecule has 0 aliphatic heterocycles. The Balaban J connectivity index is 1.56. The van der Waals surface area contributed by atoms with Gasteiger partial charge in [-0.05, 0) is 36.4 Å². The zero-order valence-electron chi connectivity index (χ0n) is 13.8. The number of rotatable bonds is 4. The third kappa shape index (κ3) is 3.64. The number of ether oxygens (including phenoxy) is 1. The maximum atomic E-state index is 12.6. The van der Waals surface area contributed by atoms with Crippen LogP contribution in [0, 0.1) is 0 Å². The van der Waals surface area contributed by atoms with Crippen molar-refractivity contribution in [1.82, 2.24) is 10.2 Å².